The largest absolute Gasteiger partial charge is 0.310 e. The maximum absolute atomic E-state index is 14.4. The van der Waals surface area contributed by atoms with E-state index in [1.165, 1.54) is 46.0 Å². The molecule has 4 aromatic rings. The first-order valence-electron chi connectivity index (χ1n) is 11.1. The number of halogens is 1. The van der Waals surface area contributed by atoms with Crippen LogP contribution in [0.5, 0.6) is 0 Å². The SMILES string of the molecule is C=CCn1c(=NC(=O)c2ccc(S(=O)(=O)N3CCCc4ccccc43)cc2)sc2cccc(F)c21. The lowest BCUT2D eigenvalue weighted by Gasteiger charge is -2.30. The summed E-state index contributed by atoms with van der Waals surface area (Å²) in [5.74, 6) is -0.939. The highest BCUT2D eigenvalue weighted by Crippen LogP contribution is 2.31. The molecule has 35 heavy (non-hydrogen) atoms. The zero-order valence-corrected chi connectivity index (χ0v) is 20.4. The highest BCUT2D eigenvalue weighted by molar-refractivity contribution is 7.92. The number of allylic oxidation sites excluding steroid dienone is 1. The predicted octanol–water partition coefficient (Wildman–Crippen LogP) is 4.91. The van der Waals surface area contributed by atoms with E-state index in [0.29, 0.717) is 33.8 Å². The van der Waals surface area contributed by atoms with E-state index in [-0.39, 0.29) is 10.5 Å². The smallest absolute Gasteiger partial charge is 0.279 e. The highest BCUT2D eigenvalue weighted by Gasteiger charge is 2.29. The van der Waals surface area contributed by atoms with Gasteiger partial charge >= 0.3 is 0 Å². The van der Waals surface area contributed by atoms with Crippen molar-refractivity contribution in [1.82, 2.24) is 4.57 Å². The number of nitrogens with zero attached hydrogens (tertiary/aromatic N) is 3. The van der Waals surface area contributed by atoms with E-state index < -0.39 is 21.7 Å². The van der Waals surface area contributed by atoms with Gasteiger partial charge < -0.3 is 4.57 Å². The standard InChI is InChI=1S/C26H22FN3O3S2/c1-2-16-29-24-21(27)9-5-11-23(24)34-26(29)28-25(31)19-12-14-20(15-13-19)35(32,33)30-17-6-8-18-7-3-4-10-22(18)30/h2-5,7,9-15H,1,6,8,16-17H2. The fourth-order valence-corrected chi connectivity index (χ4v) is 6.86. The number of fused-ring (bicyclic) bond motifs is 2. The van der Waals surface area contributed by atoms with Gasteiger partial charge in [-0.1, -0.05) is 41.7 Å². The Morgan fingerprint density at radius 1 is 1.09 bits per heavy atom. The first-order valence-corrected chi connectivity index (χ1v) is 13.3. The Kier molecular flexibility index (Phi) is 6.12. The first-order chi connectivity index (χ1) is 16.9. The van der Waals surface area contributed by atoms with E-state index in [1.54, 1.807) is 22.8 Å². The summed E-state index contributed by atoms with van der Waals surface area (Å²) in [7, 11) is -3.78. The summed E-state index contributed by atoms with van der Waals surface area (Å²) in [6.07, 6.45) is 3.19. The van der Waals surface area contributed by atoms with E-state index in [4.69, 9.17) is 0 Å². The zero-order valence-electron chi connectivity index (χ0n) is 18.7. The van der Waals surface area contributed by atoms with Gasteiger partial charge in [-0.15, -0.1) is 6.58 Å². The number of benzene rings is 3. The summed E-state index contributed by atoms with van der Waals surface area (Å²) in [5.41, 5.74) is 2.30. The molecule has 0 fully saturated rings. The van der Waals surface area contributed by atoms with Gasteiger partial charge in [0, 0.05) is 18.7 Å². The van der Waals surface area contributed by atoms with Gasteiger partial charge in [-0.2, -0.15) is 4.99 Å². The van der Waals surface area contributed by atoms with Gasteiger partial charge in [0.05, 0.1) is 20.8 Å². The number of hydrogen-bond acceptors (Lipinski definition) is 4. The van der Waals surface area contributed by atoms with Crippen molar-refractivity contribution >= 4 is 43.2 Å². The molecule has 0 aliphatic carbocycles. The Labute approximate surface area is 206 Å². The molecule has 1 aliphatic rings. The molecule has 0 saturated heterocycles. The van der Waals surface area contributed by atoms with Crippen molar-refractivity contribution in [2.75, 3.05) is 10.8 Å². The maximum Gasteiger partial charge on any atom is 0.279 e. The van der Waals surface area contributed by atoms with Crippen LogP contribution in [-0.4, -0.2) is 25.4 Å². The fraction of sp³-hybridized carbons (Fsp3) is 0.154. The lowest BCUT2D eigenvalue weighted by Crippen LogP contribution is -2.35. The molecule has 0 bridgehead atoms. The van der Waals surface area contributed by atoms with Gasteiger partial charge in [-0.3, -0.25) is 9.10 Å². The monoisotopic (exact) mass is 507 g/mol. The molecule has 0 N–H and O–H groups in total. The van der Waals surface area contributed by atoms with Crippen molar-refractivity contribution in [2.24, 2.45) is 4.99 Å². The maximum atomic E-state index is 14.4. The van der Waals surface area contributed by atoms with E-state index in [2.05, 4.69) is 11.6 Å². The van der Waals surface area contributed by atoms with Crippen LogP contribution < -0.4 is 9.11 Å². The Balaban J connectivity index is 1.48. The number of sulfonamides is 1. The van der Waals surface area contributed by atoms with Gasteiger partial charge in [0.25, 0.3) is 15.9 Å². The molecule has 178 valence electrons. The molecule has 0 radical (unpaired) electrons. The zero-order chi connectivity index (χ0) is 24.6. The normalized spacial score (nSPS) is 14.2. The molecule has 1 amide bonds. The molecule has 6 nitrogen and oxygen atoms in total. The van der Waals surface area contributed by atoms with Crippen LogP contribution in [0.3, 0.4) is 0 Å². The van der Waals surface area contributed by atoms with Crippen LogP contribution >= 0.6 is 11.3 Å². The summed E-state index contributed by atoms with van der Waals surface area (Å²) in [6, 6.07) is 18.0. The van der Waals surface area contributed by atoms with Crippen LogP contribution in [0.25, 0.3) is 10.2 Å². The van der Waals surface area contributed by atoms with E-state index in [1.807, 2.05) is 24.3 Å². The Hall–Kier alpha value is -3.56. The minimum atomic E-state index is -3.78. The van der Waals surface area contributed by atoms with Gasteiger partial charge in [0.1, 0.15) is 5.82 Å². The second-order valence-corrected chi connectivity index (χ2v) is 11.0. The first kappa shape index (κ1) is 23.2. The number of thiazole rings is 1. The predicted molar refractivity (Wildman–Crippen MR) is 136 cm³/mol. The van der Waals surface area contributed by atoms with Crippen LogP contribution in [0.1, 0.15) is 22.3 Å². The van der Waals surface area contributed by atoms with Gasteiger partial charge in [-0.25, -0.2) is 12.8 Å². The topological polar surface area (TPSA) is 71.7 Å². The molecule has 0 saturated carbocycles. The Morgan fingerprint density at radius 2 is 1.86 bits per heavy atom. The third kappa shape index (κ3) is 4.21. The number of carbonyl (C=O) groups excluding carboxylic acids is 1. The molecule has 0 unspecified atom stereocenters. The number of para-hydroxylation sites is 2. The molecule has 1 aromatic heterocycles. The van der Waals surface area contributed by atoms with Crippen molar-refractivity contribution in [1.29, 1.82) is 0 Å². The number of carbonyl (C=O) groups is 1. The lowest BCUT2D eigenvalue weighted by atomic mass is 10.0. The number of anilines is 1. The number of amides is 1. The van der Waals surface area contributed by atoms with Crippen LogP contribution in [0, 0.1) is 5.82 Å². The second kappa shape index (κ2) is 9.24. The van der Waals surface area contributed by atoms with Crippen molar-refractivity contribution < 1.29 is 17.6 Å². The molecule has 5 rings (SSSR count). The van der Waals surface area contributed by atoms with Crippen LogP contribution in [0.15, 0.2) is 89.3 Å². The average molecular weight is 508 g/mol. The summed E-state index contributed by atoms with van der Waals surface area (Å²) in [5, 5.41) is 0. The molecule has 0 atom stereocenters. The average Bonchev–Trinajstić information content (AvgIpc) is 3.22. The van der Waals surface area contributed by atoms with Crippen molar-refractivity contribution in [3.63, 3.8) is 0 Å². The number of rotatable bonds is 5. The number of hydrogen-bond donors (Lipinski definition) is 0. The fourth-order valence-electron chi connectivity index (χ4n) is 4.27. The molecule has 3 aromatic carbocycles. The van der Waals surface area contributed by atoms with Crippen molar-refractivity contribution in [3.8, 4) is 0 Å². The molecule has 1 aliphatic heterocycles. The third-order valence-corrected chi connectivity index (χ3v) is 8.79. The summed E-state index contributed by atoms with van der Waals surface area (Å²) >= 11 is 1.21. The number of aromatic nitrogens is 1. The third-order valence-electron chi connectivity index (χ3n) is 5.92. The molecule has 2 heterocycles. The van der Waals surface area contributed by atoms with E-state index >= 15 is 0 Å². The van der Waals surface area contributed by atoms with Crippen LogP contribution in [0.4, 0.5) is 10.1 Å². The van der Waals surface area contributed by atoms with Crippen molar-refractivity contribution in [2.45, 2.75) is 24.3 Å². The minimum Gasteiger partial charge on any atom is -0.310 e. The van der Waals surface area contributed by atoms with E-state index in [0.717, 1.165) is 18.4 Å². The van der Waals surface area contributed by atoms with Crippen molar-refractivity contribution in [3.05, 3.63) is 101 Å². The van der Waals surface area contributed by atoms with E-state index in [9.17, 15) is 17.6 Å². The molecule has 9 heteroatoms. The Bertz CT molecular complexity index is 1620. The highest BCUT2D eigenvalue weighted by atomic mass is 32.2. The summed E-state index contributed by atoms with van der Waals surface area (Å²) in [4.78, 5) is 17.6. The van der Waals surface area contributed by atoms with Gasteiger partial charge in [0.15, 0.2) is 4.80 Å². The molecular formula is C26H22FN3O3S2. The lowest BCUT2D eigenvalue weighted by molar-refractivity contribution is 0.0997. The quantitative estimate of drug-likeness (QED) is 0.361. The second-order valence-electron chi connectivity index (χ2n) is 8.12. The summed E-state index contributed by atoms with van der Waals surface area (Å²) < 4.78 is 44.8. The van der Waals surface area contributed by atoms with Crippen LogP contribution in [0.2, 0.25) is 0 Å². The van der Waals surface area contributed by atoms with Gasteiger partial charge in [-0.05, 0) is 60.9 Å². The Morgan fingerprint density at radius 3 is 2.63 bits per heavy atom. The summed E-state index contributed by atoms with van der Waals surface area (Å²) in [6.45, 7) is 4.41. The number of aryl methyl sites for hydroxylation is 1. The molecule has 0 spiro atoms. The minimum absolute atomic E-state index is 0.108. The molecular weight excluding hydrogens is 485 g/mol. The van der Waals surface area contributed by atoms with Crippen LogP contribution in [-0.2, 0) is 23.0 Å². The van der Waals surface area contributed by atoms with Gasteiger partial charge in [0.2, 0.25) is 0 Å².